The Morgan fingerprint density at radius 3 is 2.17 bits per heavy atom. The van der Waals surface area contributed by atoms with E-state index in [-0.39, 0.29) is 24.1 Å². The monoisotopic (exact) mass is 404 g/mol. The largest absolute Gasteiger partial charge is 0.295 e. The predicted octanol–water partition coefficient (Wildman–Crippen LogP) is 4.34. The molecular weight excluding hydrogens is 384 g/mol. The van der Waals surface area contributed by atoms with Crippen molar-refractivity contribution < 1.29 is 14.4 Å². The Morgan fingerprint density at radius 2 is 1.59 bits per heavy atom. The van der Waals surface area contributed by atoms with Crippen LogP contribution in [-0.4, -0.2) is 23.8 Å². The van der Waals surface area contributed by atoms with Crippen LogP contribution < -0.4 is 9.80 Å². The third-order valence-corrected chi connectivity index (χ3v) is 5.85. The number of anilines is 2. The van der Waals surface area contributed by atoms with Gasteiger partial charge in [-0.1, -0.05) is 41.5 Å². The maximum atomic E-state index is 13.3. The molecule has 146 valence electrons. The van der Waals surface area contributed by atoms with E-state index in [2.05, 4.69) is 0 Å². The molecular formula is C23H20N2O3S. The summed E-state index contributed by atoms with van der Waals surface area (Å²) in [5.74, 6) is -0.968. The predicted molar refractivity (Wildman–Crippen MR) is 114 cm³/mol. The zero-order valence-electron chi connectivity index (χ0n) is 16.2. The fraction of sp³-hybridized carbons (Fsp3) is 0.174. The van der Waals surface area contributed by atoms with Gasteiger partial charge in [0.15, 0.2) is 0 Å². The van der Waals surface area contributed by atoms with Gasteiger partial charge in [0.25, 0.3) is 11.8 Å². The van der Waals surface area contributed by atoms with Gasteiger partial charge in [0.1, 0.15) is 6.04 Å². The molecule has 1 saturated heterocycles. The van der Waals surface area contributed by atoms with Crippen molar-refractivity contribution in [1.82, 2.24) is 0 Å². The number of hydrogen-bond donors (Lipinski definition) is 0. The van der Waals surface area contributed by atoms with Crippen LogP contribution in [0.4, 0.5) is 11.4 Å². The highest BCUT2D eigenvalue weighted by Crippen LogP contribution is 2.31. The van der Waals surface area contributed by atoms with Crippen LogP contribution in [0.1, 0.15) is 27.2 Å². The van der Waals surface area contributed by atoms with Gasteiger partial charge in [-0.3, -0.25) is 19.3 Å². The van der Waals surface area contributed by atoms with Crippen molar-refractivity contribution in [2.24, 2.45) is 0 Å². The maximum Gasteiger partial charge on any atom is 0.269 e. The third-order valence-electron chi connectivity index (χ3n) is 4.99. The first-order valence-electron chi connectivity index (χ1n) is 9.33. The molecule has 2 heterocycles. The number of hydrogen-bond acceptors (Lipinski definition) is 4. The fourth-order valence-electron chi connectivity index (χ4n) is 3.45. The molecule has 2 aromatic carbocycles. The van der Waals surface area contributed by atoms with Crippen LogP contribution in [0.2, 0.25) is 0 Å². The molecule has 0 spiro atoms. The normalized spacial score (nSPS) is 16.3. The summed E-state index contributed by atoms with van der Waals surface area (Å²) in [6, 6.07) is 17.3. The minimum atomic E-state index is -0.874. The van der Waals surface area contributed by atoms with Gasteiger partial charge in [-0.25, -0.2) is 4.90 Å². The SMILES string of the molecule is Cc1ccc(N2C(=O)C[C@H](N(C(=O)c3cccs3)c3ccc(C)cc3)C2=O)cc1. The molecule has 0 aliphatic carbocycles. The molecule has 4 rings (SSSR count). The van der Waals surface area contributed by atoms with Gasteiger partial charge in [-0.15, -0.1) is 11.3 Å². The standard InChI is InChI=1S/C23H20N2O3S/c1-15-5-9-17(10-6-15)24(23(28)20-4-3-13-29-20)19-14-21(26)25(22(19)27)18-11-7-16(2)8-12-18/h3-13,19H,14H2,1-2H3/t19-/m0/s1. The summed E-state index contributed by atoms with van der Waals surface area (Å²) in [4.78, 5) is 42.5. The first kappa shape index (κ1) is 19.1. The van der Waals surface area contributed by atoms with Crippen LogP contribution in [0, 0.1) is 13.8 Å². The zero-order valence-corrected chi connectivity index (χ0v) is 17.0. The molecule has 3 aromatic rings. The van der Waals surface area contributed by atoms with E-state index in [0.717, 1.165) is 11.1 Å². The highest BCUT2D eigenvalue weighted by atomic mass is 32.1. The zero-order chi connectivity index (χ0) is 20.5. The maximum absolute atomic E-state index is 13.3. The lowest BCUT2D eigenvalue weighted by Gasteiger charge is -2.27. The quantitative estimate of drug-likeness (QED) is 0.608. The van der Waals surface area contributed by atoms with E-state index in [9.17, 15) is 14.4 Å². The van der Waals surface area contributed by atoms with Crippen LogP contribution in [0.25, 0.3) is 0 Å². The molecule has 3 amide bonds. The Hall–Kier alpha value is -3.25. The minimum absolute atomic E-state index is 0.0439. The lowest BCUT2D eigenvalue weighted by atomic mass is 10.1. The third kappa shape index (κ3) is 3.59. The number of amides is 3. The molecule has 1 fully saturated rings. The van der Waals surface area contributed by atoms with Crippen molar-refractivity contribution in [3.05, 3.63) is 82.0 Å². The van der Waals surface area contributed by atoms with E-state index in [0.29, 0.717) is 16.3 Å². The van der Waals surface area contributed by atoms with E-state index in [1.54, 1.807) is 24.3 Å². The summed E-state index contributed by atoms with van der Waals surface area (Å²) in [6.07, 6.45) is -0.0439. The lowest BCUT2D eigenvalue weighted by Crippen LogP contribution is -2.45. The molecule has 0 radical (unpaired) electrons. The van der Waals surface area contributed by atoms with E-state index in [1.165, 1.54) is 21.1 Å². The molecule has 0 bridgehead atoms. The fourth-order valence-corrected chi connectivity index (χ4v) is 4.11. The number of carbonyl (C=O) groups excluding carboxylic acids is 3. The van der Waals surface area contributed by atoms with Crippen LogP contribution in [-0.2, 0) is 9.59 Å². The van der Waals surface area contributed by atoms with Gasteiger partial charge in [-0.2, -0.15) is 0 Å². The summed E-state index contributed by atoms with van der Waals surface area (Å²) in [7, 11) is 0. The summed E-state index contributed by atoms with van der Waals surface area (Å²) in [5.41, 5.74) is 3.22. The van der Waals surface area contributed by atoms with Crippen molar-refractivity contribution in [3.63, 3.8) is 0 Å². The summed E-state index contributed by atoms with van der Waals surface area (Å²) >= 11 is 1.32. The number of carbonyl (C=O) groups is 3. The first-order chi connectivity index (χ1) is 14.0. The second-order valence-corrected chi connectivity index (χ2v) is 8.06. The Balaban J connectivity index is 1.73. The number of rotatable bonds is 4. The Kier molecular flexibility index (Phi) is 5.03. The average molecular weight is 404 g/mol. The van der Waals surface area contributed by atoms with Crippen molar-refractivity contribution in [2.75, 3.05) is 9.80 Å². The van der Waals surface area contributed by atoms with Crippen LogP contribution in [0.3, 0.4) is 0 Å². The van der Waals surface area contributed by atoms with Crippen molar-refractivity contribution in [3.8, 4) is 0 Å². The number of aryl methyl sites for hydroxylation is 2. The highest BCUT2D eigenvalue weighted by Gasteiger charge is 2.45. The molecule has 5 nitrogen and oxygen atoms in total. The van der Waals surface area contributed by atoms with Crippen LogP contribution in [0.5, 0.6) is 0 Å². The van der Waals surface area contributed by atoms with Gasteiger partial charge < -0.3 is 0 Å². The van der Waals surface area contributed by atoms with E-state index >= 15 is 0 Å². The molecule has 1 aliphatic heterocycles. The Bertz CT molecular complexity index is 1060. The average Bonchev–Trinajstić information content (AvgIpc) is 3.34. The Labute approximate surface area is 173 Å². The Morgan fingerprint density at radius 1 is 0.966 bits per heavy atom. The lowest BCUT2D eigenvalue weighted by molar-refractivity contribution is -0.121. The highest BCUT2D eigenvalue weighted by molar-refractivity contribution is 7.12. The minimum Gasteiger partial charge on any atom is -0.295 e. The number of benzene rings is 2. The van der Waals surface area contributed by atoms with Gasteiger partial charge in [0.05, 0.1) is 17.0 Å². The van der Waals surface area contributed by atoms with E-state index in [4.69, 9.17) is 0 Å². The van der Waals surface area contributed by atoms with E-state index in [1.807, 2.05) is 55.6 Å². The molecule has 0 N–H and O–H groups in total. The number of nitrogens with zero attached hydrogens (tertiary/aromatic N) is 2. The molecule has 1 aromatic heterocycles. The summed E-state index contributed by atoms with van der Waals surface area (Å²) < 4.78 is 0. The molecule has 1 atom stereocenters. The molecule has 1 aliphatic rings. The van der Waals surface area contributed by atoms with Gasteiger partial charge >= 0.3 is 0 Å². The first-order valence-corrected chi connectivity index (χ1v) is 10.2. The molecule has 0 unspecified atom stereocenters. The van der Waals surface area contributed by atoms with Gasteiger partial charge in [0.2, 0.25) is 5.91 Å². The number of thiophene rings is 1. The van der Waals surface area contributed by atoms with Gasteiger partial charge in [-0.05, 0) is 49.6 Å². The number of imide groups is 1. The van der Waals surface area contributed by atoms with E-state index < -0.39 is 6.04 Å². The summed E-state index contributed by atoms with van der Waals surface area (Å²) in [5, 5.41) is 1.82. The molecule has 29 heavy (non-hydrogen) atoms. The van der Waals surface area contributed by atoms with Crippen LogP contribution in [0.15, 0.2) is 66.0 Å². The van der Waals surface area contributed by atoms with Crippen LogP contribution >= 0.6 is 11.3 Å². The van der Waals surface area contributed by atoms with Crippen molar-refractivity contribution in [2.45, 2.75) is 26.3 Å². The van der Waals surface area contributed by atoms with Gasteiger partial charge in [0, 0.05) is 5.69 Å². The molecule has 6 heteroatoms. The second kappa shape index (κ2) is 7.64. The summed E-state index contributed by atoms with van der Waals surface area (Å²) in [6.45, 7) is 3.90. The van der Waals surface area contributed by atoms with Crippen molar-refractivity contribution in [1.29, 1.82) is 0 Å². The van der Waals surface area contributed by atoms with Crippen molar-refractivity contribution >= 4 is 40.4 Å². The molecule has 0 saturated carbocycles. The second-order valence-electron chi connectivity index (χ2n) is 7.11. The topological polar surface area (TPSA) is 57.7 Å². The smallest absolute Gasteiger partial charge is 0.269 e.